The number of hydrogen-bond donors (Lipinski definition) is 2. The van der Waals surface area contributed by atoms with Gasteiger partial charge >= 0.3 is 0 Å². The summed E-state index contributed by atoms with van der Waals surface area (Å²) in [5.41, 5.74) is 1.81. The minimum atomic E-state index is -0.214. The van der Waals surface area contributed by atoms with E-state index in [-0.39, 0.29) is 24.4 Å². The Kier molecular flexibility index (Phi) is 6.59. The van der Waals surface area contributed by atoms with Gasteiger partial charge in [-0.05, 0) is 57.5 Å². The van der Waals surface area contributed by atoms with Crippen LogP contribution in [0.4, 0.5) is 0 Å². The third-order valence-corrected chi connectivity index (χ3v) is 3.93. The normalized spacial score (nSPS) is 15.4. The van der Waals surface area contributed by atoms with E-state index in [1.807, 2.05) is 38.1 Å². The summed E-state index contributed by atoms with van der Waals surface area (Å²) in [7, 11) is 0. The van der Waals surface area contributed by atoms with E-state index in [1.165, 1.54) is 24.8 Å². The second-order valence-corrected chi connectivity index (χ2v) is 6.44. The summed E-state index contributed by atoms with van der Waals surface area (Å²) in [5.74, 6) is -0.386. The fourth-order valence-electron chi connectivity index (χ4n) is 2.77. The molecule has 1 saturated heterocycles. The molecular formula is C18H27N3O2. The van der Waals surface area contributed by atoms with Crippen molar-refractivity contribution >= 4 is 11.8 Å². The summed E-state index contributed by atoms with van der Waals surface area (Å²) >= 11 is 0. The van der Waals surface area contributed by atoms with Crippen molar-refractivity contribution in [2.24, 2.45) is 0 Å². The highest BCUT2D eigenvalue weighted by molar-refractivity contribution is 5.96. The third kappa shape index (κ3) is 6.02. The van der Waals surface area contributed by atoms with Crippen LogP contribution in [0.3, 0.4) is 0 Å². The van der Waals surface area contributed by atoms with Crippen molar-refractivity contribution in [1.29, 1.82) is 0 Å². The maximum atomic E-state index is 12.0. The Balaban J connectivity index is 1.81. The quantitative estimate of drug-likeness (QED) is 0.843. The largest absolute Gasteiger partial charge is 0.352 e. The molecule has 0 spiro atoms. The first-order chi connectivity index (χ1) is 11.0. The standard InChI is InChI=1S/C18H27N3O2/c1-14(2)20-17(22)12-19-18(23)16-8-6-15(7-9-16)13-21-10-4-3-5-11-21/h6-9,14H,3-5,10-13H2,1-2H3,(H,19,23)(H,20,22). The molecule has 0 bridgehead atoms. The van der Waals surface area contributed by atoms with Gasteiger partial charge in [-0.3, -0.25) is 14.5 Å². The molecule has 23 heavy (non-hydrogen) atoms. The van der Waals surface area contributed by atoms with Crippen LogP contribution in [0.2, 0.25) is 0 Å². The smallest absolute Gasteiger partial charge is 0.251 e. The molecule has 5 heteroatoms. The molecule has 0 saturated carbocycles. The third-order valence-electron chi connectivity index (χ3n) is 3.93. The highest BCUT2D eigenvalue weighted by Crippen LogP contribution is 2.13. The monoisotopic (exact) mass is 317 g/mol. The molecule has 1 aromatic rings. The summed E-state index contributed by atoms with van der Waals surface area (Å²) in [4.78, 5) is 26.0. The van der Waals surface area contributed by atoms with Crippen molar-refractivity contribution in [3.8, 4) is 0 Å². The van der Waals surface area contributed by atoms with Crippen LogP contribution in [-0.2, 0) is 11.3 Å². The zero-order valence-corrected chi connectivity index (χ0v) is 14.1. The van der Waals surface area contributed by atoms with Gasteiger partial charge in [-0.15, -0.1) is 0 Å². The van der Waals surface area contributed by atoms with Crippen molar-refractivity contribution in [1.82, 2.24) is 15.5 Å². The van der Waals surface area contributed by atoms with Gasteiger partial charge in [0.2, 0.25) is 5.91 Å². The number of nitrogens with one attached hydrogen (secondary N) is 2. The maximum absolute atomic E-state index is 12.0. The molecule has 2 amide bonds. The molecule has 0 atom stereocenters. The first-order valence-electron chi connectivity index (χ1n) is 8.43. The SMILES string of the molecule is CC(C)NC(=O)CNC(=O)c1ccc(CN2CCCCC2)cc1. The highest BCUT2D eigenvalue weighted by Gasteiger charge is 2.12. The van der Waals surface area contributed by atoms with Crippen LogP contribution < -0.4 is 10.6 Å². The number of piperidine rings is 1. The van der Waals surface area contributed by atoms with E-state index in [4.69, 9.17) is 0 Å². The number of nitrogens with zero attached hydrogens (tertiary/aromatic N) is 1. The molecule has 1 aromatic carbocycles. The molecule has 1 fully saturated rings. The zero-order valence-electron chi connectivity index (χ0n) is 14.1. The van der Waals surface area contributed by atoms with Crippen molar-refractivity contribution < 1.29 is 9.59 Å². The van der Waals surface area contributed by atoms with Crippen LogP contribution in [-0.4, -0.2) is 42.4 Å². The van der Waals surface area contributed by atoms with Crippen molar-refractivity contribution in [2.75, 3.05) is 19.6 Å². The van der Waals surface area contributed by atoms with E-state index in [1.54, 1.807) is 0 Å². The molecule has 0 radical (unpaired) electrons. The molecule has 0 aromatic heterocycles. The average Bonchev–Trinajstić information content (AvgIpc) is 2.54. The maximum Gasteiger partial charge on any atom is 0.251 e. The van der Waals surface area contributed by atoms with Gasteiger partial charge < -0.3 is 10.6 Å². The number of likely N-dealkylation sites (tertiary alicyclic amines) is 1. The fourth-order valence-corrected chi connectivity index (χ4v) is 2.77. The van der Waals surface area contributed by atoms with Crippen LogP contribution in [0.25, 0.3) is 0 Å². The Morgan fingerprint density at radius 1 is 1.09 bits per heavy atom. The number of hydrogen-bond acceptors (Lipinski definition) is 3. The fraction of sp³-hybridized carbons (Fsp3) is 0.556. The van der Waals surface area contributed by atoms with Gasteiger partial charge in [0.05, 0.1) is 6.54 Å². The summed E-state index contributed by atoms with van der Waals surface area (Å²) < 4.78 is 0. The van der Waals surface area contributed by atoms with Gasteiger partial charge in [0, 0.05) is 18.2 Å². The van der Waals surface area contributed by atoms with Crippen molar-refractivity contribution in [3.05, 3.63) is 35.4 Å². The molecule has 0 unspecified atom stereocenters. The average molecular weight is 317 g/mol. The molecule has 126 valence electrons. The van der Waals surface area contributed by atoms with Gasteiger partial charge in [-0.2, -0.15) is 0 Å². The molecule has 5 nitrogen and oxygen atoms in total. The first-order valence-corrected chi connectivity index (χ1v) is 8.43. The minimum Gasteiger partial charge on any atom is -0.352 e. The molecule has 0 aliphatic carbocycles. The van der Waals surface area contributed by atoms with Crippen LogP contribution in [0.15, 0.2) is 24.3 Å². The minimum absolute atomic E-state index is 0.00649. The Morgan fingerprint density at radius 2 is 1.74 bits per heavy atom. The summed E-state index contributed by atoms with van der Waals surface area (Å²) in [5, 5.41) is 5.39. The zero-order chi connectivity index (χ0) is 16.7. The van der Waals surface area contributed by atoms with Gasteiger partial charge in [-0.25, -0.2) is 0 Å². The summed E-state index contributed by atoms with van der Waals surface area (Å²) in [6.45, 7) is 7.05. The van der Waals surface area contributed by atoms with Crippen LogP contribution >= 0.6 is 0 Å². The van der Waals surface area contributed by atoms with Crippen LogP contribution in [0, 0.1) is 0 Å². The Morgan fingerprint density at radius 3 is 2.35 bits per heavy atom. The van der Waals surface area contributed by atoms with Gasteiger partial charge in [0.15, 0.2) is 0 Å². The molecule has 2 N–H and O–H groups in total. The lowest BCUT2D eigenvalue weighted by molar-refractivity contribution is -0.120. The van der Waals surface area contributed by atoms with E-state index in [0.29, 0.717) is 5.56 Å². The number of amides is 2. The lowest BCUT2D eigenvalue weighted by Gasteiger charge is -2.26. The second-order valence-electron chi connectivity index (χ2n) is 6.44. The van der Waals surface area contributed by atoms with E-state index >= 15 is 0 Å². The lowest BCUT2D eigenvalue weighted by Crippen LogP contribution is -2.39. The Bertz CT molecular complexity index is 520. The molecule has 1 aliphatic rings. The van der Waals surface area contributed by atoms with Crippen LogP contribution in [0.1, 0.15) is 49.0 Å². The van der Waals surface area contributed by atoms with Crippen LogP contribution in [0.5, 0.6) is 0 Å². The topological polar surface area (TPSA) is 61.4 Å². The van der Waals surface area contributed by atoms with E-state index in [9.17, 15) is 9.59 Å². The number of carbonyl (C=O) groups excluding carboxylic acids is 2. The second kappa shape index (κ2) is 8.67. The number of benzene rings is 1. The van der Waals surface area contributed by atoms with E-state index in [2.05, 4.69) is 15.5 Å². The molecule has 1 heterocycles. The van der Waals surface area contributed by atoms with Gasteiger partial charge in [0.1, 0.15) is 0 Å². The van der Waals surface area contributed by atoms with E-state index < -0.39 is 0 Å². The van der Waals surface area contributed by atoms with Crippen molar-refractivity contribution in [2.45, 2.75) is 45.7 Å². The predicted octanol–water partition coefficient (Wildman–Crippen LogP) is 1.93. The number of rotatable bonds is 6. The van der Waals surface area contributed by atoms with Gasteiger partial charge in [-0.1, -0.05) is 18.6 Å². The predicted molar refractivity (Wildman–Crippen MR) is 91.2 cm³/mol. The Labute approximate surface area is 138 Å². The summed E-state index contributed by atoms with van der Waals surface area (Å²) in [6.07, 6.45) is 3.89. The summed E-state index contributed by atoms with van der Waals surface area (Å²) in [6, 6.07) is 7.73. The molecule has 1 aliphatic heterocycles. The van der Waals surface area contributed by atoms with Gasteiger partial charge in [0.25, 0.3) is 5.91 Å². The molecular weight excluding hydrogens is 290 g/mol. The molecule has 2 rings (SSSR count). The van der Waals surface area contributed by atoms with Crippen molar-refractivity contribution in [3.63, 3.8) is 0 Å². The highest BCUT2D eigenvalue weighted by atomic mass is 16.2. The van der Waals surface area contributed by atoms with E-state index in [0.717, 1.165) is 19.6 Å². The Hall–Kier alpha value is -1.88. The lowest BCUT2D eigenvalue weighted by atomic mass is 10.1. The first kappa shape index (κ1) is 17.5. The number of carbonyl (C=O) groups is 2.